The van der Waals surface area contributed by atoms with E-state index < -0.39 is 16.1 Å². The highest BCUT2D eigenvalue weighted by Gasteiger charge is 2.20. The Kier molecular flexibility index (Phi) is 4.15. The second-order valence-corrected chi connectivity index (χ2v) is 5.75. The van der Waals surface area contributed by atoms with Gasteiger partial charge in [-0.05, 0) is 12.1 Å². The van der Waals surface area contributed by atoms with Crippen LogP contribution in [0.2, 0.25) is 0 Å². The molecule has 1 unspecified atom stereocenters. The molecule has 3 N–H and O–H groups in total. The number of hydrogen-bond acceptors (Lipinski definition) is 5. The van der Waals surface area contributed by atoms with Gasteiger partial charge in [-0.25, -0.2) is 18.1 Å². The molecule has 0 fully saturated rings. The monoisotopic (exact) mass is 285 g/mol. The summed E-state index contributed by atoms with van der Waals surface area (Å²) in [7, 11) is -2.26. The number of nitrogens with zero attached hydrogens (tertiary/aromatic N) is 1. The molecule has 0 spiro atoms. The summed E-state index contributed by atoms with van der Waals surface area (Å²) >= 11 is 0. The van der Waals surface area contributed by atoms with Gasteiger partial charge in [0.15, 0.2) is 0 Å². The van der Waals surface area contributed by atoms with Gasteiger partial charge < -0.3 is 14.8 Å². The lowest BCUT2D eigenvalue weighted by Crippen LogP contribution is -2.34. The van der Waals surface area contributed by atoms with E-state index in [0.717, 1.165) is 0 Å². The van der Waals surface area contributed by atoms with Gasteiger partial charge in [0.05, 0.1) is 12.7 Å². The molecule has 0 bridgehead atoms. The van der Waals surface area contributed by atoms with Crippen molar-refractivity contribution >= 4 is 21.1 Å². The van der Waals surface area contributed by atoms with Crippen LogP contribution in [0.3, 0.4) is 0 Å². The first-order valence-electron chi connectivity index (χ1n) is 5.63. The molecule has 8 heteroatoms. The van der Waals surface area contributed by atoms with Crippen LogP contribution >= 0.6 is 0 Å². The van der Waals surface area contributed by atoms with E-state index in [1.54, 1.807) is 18.3 Å². The zero-order chi connectivity index (χ0) is 13.9. The Hall–Kier alpha value is -1.48. The van der Waals surface area contributed by atoms with E-state index in [9.17, 15) is 13.5 Å². The van der Waals surface area contributed by atoms with Crippen LogP contribution < -0.4 is 4.72 Å². The van der Waals surface area contributed by atoms with Crippen LogP contribution in [-0.4, -0.2) is 49.9 Å². The quantitative estimate of drug-likeness (QED) is 0.684. The SMILES string of the molecule is COCC(O)CNS(=O)(=O)c1c[nH]c2ncccc12. The van der Waals surface area contributed by atoms with Crippen molar-refractivity contribution in [3.05, 3.63) is 24.5 Å². The topological polar surface area (TPSA) is 104 Å². The van der Waals surface area contributed by atoms with Gasteiger partial charge in [0.25, 0.3) is 0 Å². The first-order valence-corrected chi connectivity index (χ1v) is 7.11. The van der Waals surface area contributed by atoms with E-state index in [4.69, 9.17) is 4.74 Å². The molecule has 104 valence electrons. The maximum atomic E-state index is 12.1. The van der Waals surface area contributed by atoms with Crippen molar-refractivity contribution < 1.29 is 18.3 Å². The molecule has 0 aliphatic rings. The van der Waals surface area contributed by atoms with E-state index >= 15 is 0 Å². The average molecular weight is 285 g/mol. The van der Waals surface area contributed by atoms with Crippen molar-refractivity contribution in [3.63, 3.8) is 0 Å². The summed E-state index contributed by atoms with van der Waals surface area (Å²) in [5, 5.41) is 9.96. The number of aromatic amines is 1. The van der Waals surface area contributed by atoms with Crippen molar-refractivity contribution in [1.82, 2.24) is 14.7 Å². The number of aliphatic hydroxyl groups is 1. The third kappa shape index (κ3) is 3.10. The van der Waals surface area contributed by atoms with E-state index in [1.165, 1.54) is 13.3 Å². The second kappa shape index (κ2) is 5.66. The fraction of sp³-hybridized carbons (Fsp3) is 0.364. The van der Waals surface area contributed by atoms with Crippen molar-refractivity contribution in [3.8, 4) is 0 Å². The van der Waals surface area contributed by atoms with E-state index in [2.05, 4.69) is 14.7 Å². The molecule has 19 heavy (non-hydrogen) atoms. The second-order valence-electron chi connectivity index (χ2n) is 4.01. The standard InChI is InChI=1S/C11H15N3O4S/c1-18-7-8(15)5-14-19(16,17)10-6-13-11-9(10)3-2-4-12-11/h2-4,6,8,14-15H,5,7H2,1H3,(H,12,13). The van der Waals surface area contributed by atoms with Crippen LogP contribution in [-0.2, 0) is 14.8 Å². The summed E-state index contributed by atoms with van der Waals surface area (Å²) in [6.07, 6.45) is 2.07. The van der Waals surface area contributed by atoms with Crippen molar-refractivity contribution in [1.29, 1.82) is 0 Å². The Morgan fingerprint density at radius 1 is 1.58 bits per heavy atom. The van der Waals surface area contributed by atoms with Crippen molar-refractivity contribution in [2.24, 2.45) is 0 Å². The van der Waals surface area contributed by atoms with Gasteiger partial charge in [-0.2, -0.15) is 0 Å². The number of aliphatic hydroxyl groups excluding tert-OH is 1. The molecule has 2 aromatic rings. The molecule has 0 amide bonds. The van der Waals surface area contributed by atoms with Gasteiger partial charge in [0.2, 0.25) is 10.0 Å². The number of rotatable bonds is 6. The molecule has 2 aromatic heterocycles. The first-order chi connectivity index (χ1) is 9.04. The lowest BCUT2D eigenvalue weighted by Gasteiger charge is -2.10. The fourth-order valence-corrected chi connectivity index (χ4v) is 2.92. The summed E-state index contributed by atoms with van der Waals surface area (Å²) in [5.41, 5.74) is 0.500. The lowest BCUT2D eigenvalue weighted by molar-refractivity contribution is 0.0679. The van der Waals surface area contributed by atoms with Crippen LogP contribution in [0.25, 0.3) is 11.0 Å². The number of fused-ring (bicyclic) bond motifs is 1. The molecule has 0 aromatic carbocycles. The highest BCUT2D eigenvalue weighted by atomic mass is 32.2. The van der Waals surface area contributed by atoms with E-state index in [0.29, 0.717) is 11.0 Å². The zero-order valence-corrected chi connectivity index (χ0v) is 11.1. The number of sulfonamides is 1. The molecular weight excluding hydrogens is 270 g/mol. The van der Waals surface area contributed by atoms with E-state index in [-0.39, 0.29) is 18.0 Å². The lowest BCUT2D eigenvalue weighted by atomic mass is 10.3. The number of methoxy groups -OCH3 is 1. The van der Waals surface area contributed by atoms with Gasteiger partial charge in [-0.3, -0.25) is 0 Å². The minimum Gasteiger partial charge on any atom is -0.389 e. The predicted molar refractivity (Wildman–Crippen MR) is 69.2 cm³/mol. The Morgan fingerprint density at radius 3 is 3.11 bits per heavy atom. The molecule has 0 saturated heterocycles. The predicted octanol–water partition coefficient (Wildman–Crippen LogP) is -0.151. The Bertz CT molecular complexity index is 653. The molecule has 1 atom stereocenters. The molecule has 2 rings (SSSR count). The van der Waals surface area contributed by atoms with Crippen LogP contribution in [0.4, 0.5) is 0 Å². The summed E-state index contributed by atoms with van der Waals surface area (Å²) in [6.45, 7) is -0.0406. The minimum atomic E-state index is -3.69. The van der Waals surface area contributed by atoms with E-state index in [1.807, 2.05) is 0 Å². The van der Waals surface area contributed by atoms with Gasteiger partial charge in [-0.1, -0.05) is 0 Å². The Labute approximate surface area is 110 Å². The maximum absolute atomic E-state index is 12.1. The van der Waals surface area contributed by atoms with Gasteiger partial charge in [-0.15, -0.1) is 0 Å². The zero-order valence-electron chi connectivity index (χ0n) is 10.3. The normalized spacial score (nSPS) is 13.8. The molecule has 0 saturated carbocycles. The van der Waals surface area contributed by atoms with Crippen LogP contribution in [0, 0.1) is 0 Å². The Balaban J connectivity index is 2.20. The summed E-state index contributed by atoms with van der Waals surface area (Å²) in [5.74, 6) is 0. The number of ether oxygens (including phenoxy) is 1. The summed E-state index contributed by atoms with van der Waals surface area (Å²) in [4.78, 5) is 6.92. The third-order valence-corrected chi connectivity index (χ3v) is 4.03. The average Bonchev–Trinajstić information content (AvgIpc) is 2.81. The summed E-state index contributed by atoms with van der Waals surface area (Å²) in [6, 6.07) is 3.33. The highest BCUT2D eigenvalue weighted by molar-refractivity contribution is 7.89. The smallest absolute Gasteiger partial charge is 0.242 e. The van der Waals surface area contributed by atoms with Crippen molar-refractivity contribution in [2.45, 2.75) is 11.0 Å². The largest absolute Gasteiger partial charge is 0.389 e. The first kappa shape index (κ1) is 13.9. The van der Waals surface area contributed by atoms with Gasteiger partial charge >= 0.3 is 0 Å². The third-order valence-electron chi connectivity index (χ3n) is 2.57. The fourth-order valence-electron chi connectivity index (χ4n) is 1.69. The highest BCUT2D eigenvalue weighted by Crippen LogP contribution is 2.20. The molecule has 2 heterocycles. The van der Waals surface area contributed by atoms with Crippen LogP contribution in [0.5, 0.6) is 0 Å². The number of nitrogens with one attached hydrogen (secondary N) is 2. The molecule has 7 nitrogen and oxygen atoms in total. The Morgan fingerprint density at radius 2 is 2.37 bits per heavy atom. The molecule has 0 aliphatic heterocycles. The van der Waals surface area contributed by atoms with Gasteiger partial charge in [0.1, 0.15) is 10.5 Å². The molecular formula is C11H15N3O4S. The van der Waals surface area contributed by atoms with Crippen LogP contribution in [0.15, 0.2) is 29.4 Å². The van der Waals surface area contributed by atoms with Gasteiger partial charge in [0, 0.05) is 31.4 Å². The minimum absolute atomic E-state index is 0.0674. The van der Waals surface area contributed by atoms with Crippen molar-refractivity contribution in [2.75, 3.05) is 20.3 Å². The maximum Gasteiger partial charge on any atom is 0.242 e. The number of hydrogen-bond donors (Lipinski definition) is 3. The number of aromatic nitrogens is 2. The van der Waals surface area contributed by atoms with Crippen LogP contribution in [0.1, 0.15) is 0 Å². The number of H-pyrrole nitrogens is 1. The molecule has 0 radical (unpaired) electrons. The summed E-state index contributed by atoms with van der Waals surface area (Å²) < 4.78 is 31.3. The number of pyridine rings is 1. The molecule has 0 aliphatic carbocycles.